The summed E-state index contributed by atoms with van der Waals surface area (Å²) < 4.78 is 0. The molecule has 0 saturated carbocycles. The number of aldehydes is 1. The molecule has 0 atom stereocenters. The molecule has 122 valence electrons. The van der Waals surface area contributed by atoms with Crippen molar-refractivity contribution in [1.82, 2.24) is 0 Å². The second-order valence-electron chi connectivity index (χ2n) is 7.24. The number of carbonyl (C=O) groups excluding carboxylic acids is 1. The van der Waals surface area contributed by atoms with Crippen LogP contribution in [0.5, 0.6) is 0 Å². The fourth-order valence-electron chi connectivity index (χ4n) is 3.09. The quantitative estimate of drug-likeness (QED) is 0.573. The average Bonchev–Trinajstić information content (AvgIpc) is 2.53. The van der Waals surface area contributed by atoms with Gasteiger partial charge in [-0.15, -0.1) is 0 Å². The van der Waals surface area contributed by atoms with Crippen LogP contribution in [0.2, 0.25) is 0 Å². The third-order valence-electron chi connectivity index (χ3n) is 4.49. The van der Waals surface area contributed by atoms with Gasteiger partial charge in [-0.1, -0.05) is 77.9 Å². The lowest BCUT2D eigenvalue weighted by molar-refractivity contribution is 0.112. The van der Waals surface area contributed by atoms with E-state index in [0.29, 0.717) is 17.8 Å². The third-order valence-corrected chi connectivity index (χ3v) is 4.49. The zero-order valence-electron chi connectivity index (χ0n) is 15.2. The summed E-state index contributed by atoms with van der Waals surface area (Å²) in [5.74, 6) is 1.34. The SMILES string of the molecule is CC(C)c1cc(C(C)C)c(-c2ccccc2C=O)c(C(C)C)c1. The molecule has 0 bridgehead atoms. The highest BCUT2D eigenvalue weighted by atomic mass is 16.1. The van der Waals surface area contributed by atoms with Crippen LogP contribution in [0, 0.1) is 0 Å². The van der Waals surface area contributed by atoms with Crippen molar-refractivity contribution in [3.63, 3.8) is 0 Å². The molecule has 0 aliphatic rings. The van der Waals surface area contributed by atoms with Crippen LogP contribution in [0.4, 0.5) is 0 Å². The number of hydrogen-bond donors (Lipinski definition) is 0. The smallest absolute Gasteiger partial charge is 0.150 e. The summed E-state index contributed by atoms with van der Waals surface area (Å²) in [6, 6.07) is 12.6. The molecule has 0 N–H and O–H groups in total. The molecular weight excluding hydrogens is 280 g/mol. The minimum atomic E-state index is 0.418. The lowest BCUT2D eigenvalue weighted by Crippen LogP contribution is -2.04. The Labute approximate surface area is 140 Å². The van der Waals surface area contributed by atoms with Crippen molar-refractivity contribution in [3.8, 4) is 11.1 Å². The summed E-state index contributed by atoms with van der Waals surface area (Å²) in [6.07, 6.45) is 0.972. The predicted molar refractivity (Wildman–Crippen MR) is 99.5 cm³/mol. The molecule has 2 rings (SSSR count). The van der Waals surface area contributed by atoms with Crippen molar-refractivity contribution in [3.05, 3.63) is 58.7 Å². The van der Waals surface area contributed by atoms with E-state index in [2.05, 4.69) is 59.7 Å². The van der Waals surface area contributed by atoms with E-state index in [0.717, 1.165) is 17.4 Å². The van der Waals surface area contributed by atoms with Gasteiger partial charge in [0.15, 0.2) is 6.29 Å². The van der Waals surface area contributed by atoms with Gasteiger partial charge in [-0.2, -0.15) is 0 Å². The van der Waals surface area contributed by atoms with E-state index in [-0.39, 0.29) is 0 Å². The monoisotopic (exact) mass is 308 g/mol. The first-order chi connectivity index (χ1) is 10.9. The minimum absolute atomic E-state index is 0.418. The Morgan fingerprint density at radius 3 is 1.74 bits per heavy atom. The first-order valence-electron chi connectivity index (χ1n) is 8.59. The first kappa shape index (κ1) is 17.5. The van der Waals surface area contributed by atoms with Crippen LogP contribution in [0.1, 0.15) is 86.3 Å². The standard InChI is InChI=1S/C22H28O/c1-14(2)18-11-20(15(3)4)22(21(12-18)16(5)6)19-10-8-7-9-17(19)13-23/h7-16H,1-6H3. The normalized spacial score (nSPS) is 11.5. The van der Waals surface area contributed by atoms with Gasteiger partial charge in [0.25, 0.3) is 0 Å². The van der Waals surface area contributed by atoms with Gasteiger partial charge in [0, 0.05) is 5.56 Å². The summed E-state index contributed by atoms with van der Waals surface area (Å²) >= 11 is 0. The molecule has 0 heterocycles. The van der Waals surface area contributed by atoms with Gasteiger partial charge in [-0.05, 0) is 45.6 Å². The Hall–Kier alpha value is -1.89. The van der Waals surface area contributed by atoms with Crippen molar-refractivity contribution in [2.75, 3.05) is 0 Å². The Morgan fingerprint density at radius 2 is 1.30 bits per heavy atom. The molecule has 0 aromatic heterocycles. The van der Waals surface area contributed by atoms with E-state index in [1.54, 1.807) is 0 Å². The molecule has 23 heavy (non-hydrogen) atoms. The van der Waals surface area contributed by atoms with Crippen LogP contribution in [0.25, 0.3) is 11.1 Å². The number of carbonyl (C=O) groups is 1. The Bertz CT molecular complexity index is 664. The first-order valence-corrected chi connectivity index (χ1v) is 8.59. The summed E-state index contributed by atoms with van der Waals surface area (Å²) in [5.41, 5.74) is 7.15. The number of hydrogen-bond acceptors (Lipinski definition) is 1. The highest BCUT2D eigenvalue weighted by Gasteiger charge is 2.19. The van der Waals surface area contributed by atoms with Crippen molar-refractivity contribution < 1.29 is 4.79 Å². The van der Waals surface area contributed by atoms with Crippen LogP contribution in [-0.2, 0) is 0 Å². The van der Waals surface area contributed by atoms with Crippen molar-refractivity contribution in [2.45, 2.75) is 59.3 Å². The summed E-state index contributed by atoms with van der Waals surface area (Å²) in [5, 5.41) is 0. The fourth-order valence-corrected chi connectivity index (χ4v) is 3.09. The van der Waals surface area contributed by atoms with Crippen LogP contribution in [0.3, 0.4) is 0 Å². The van der Waals surface area contributed by atoms with Crippen LogP contribution >= 0.6 is 0 Å². The van der Waals surface area contributed by atoms with E-state index >= 15 is 0 Å². The van der Waals surface area contributed by atoms with E-state index in [1.807, 2.05) is 18.2 Å². The Morgan fingerprint density at radius 1 is 0.783 bits per heavy atom. The van der Waals surface area contributed by atoms with Gasteiger partial charge in [-0.25, -0.2) is 0 Å². The number of benzene rings is 2. The van der Waals surface area contributed by atoms with E-state index in [9.17, 15) is 4.79 Å². The lowest BCUT2D eigenvalue weighted by atomic mass is 9.81. The maximum Gasteiger partial charge on any atom is 0.150 e. The van der Waals surface area contributed by atoms with Crippen LogP contribution in [0.15, 0.2) is 36.4 Å². The van der Waals surface area contributed by atoms with Crippen molar-refractivity contribution in [1.29, 1.82) is 0 Å². The fraction of sp³-hybridized carbons (Fsp3) is 0.409. The van der Waals surface area contributed by atoms with Crippen molar-refractivity contribution >= 4 is 6.29 Å². The van der Waals surface area contributed by atoms with Gasteiger partial charge >= 0.3 is 0 Å². The second-order valence-corrected chi connectivity index (χ2v) is 7.24. The molecule has 0 aliphatic heterocycles. The largest absolute Gasteiger partial charge is 0.298 e. The number of rotatable bonds is 5. The molecule has 0 fully saturated rings. The molecule has 0 unspecified atom stereocenters. The molecule has 1 heteroatoms. The van der Waals surface area contributed by atoms with Crippen LogP contribution in [-0.4, -0.2) is 6.29 Å². The Balaban J connectivity index is 2.86. The highest BCUT2D eigenvalue weighted by molar-refractivity contribution is 5.90. The minimum Gasteiger partial charge on any atom is -0.298 e. The van der Waals surface area contributed by atoms with Crippen molar-refractivity contribution in [2.24, 2.45) is 0 Å². The molecule has 0 aliphatic carbocycles. The molecule has 0 spiro atoms. The maximum absolute atomic E-state index is 11.5. The molecule has 0 saturated heterocycles. The Kier molecular flexibility index (Phi) is 5.41. The molecule has 0 amide bonds. The molecule has 2 aromatic carbocycles. The summed E-state index contributed by atoms with van der Waals surface area (Å²) in [7, 11) is 0. The van der Waals surface area contributed by atoms with E-state index in [4.69, 9.17) is 0 Å². The lowest BCUT2D eigenvalue weighted by Gasteiger charge is -2.24. The van der Waals surface area contributed by atoms with Gasteiger partial charge in [0.1, 0.15) is 0 Å². The van der Waals surface area contributed by atoms with Gasteiger partial charge in [-0.3, -0.25) is 4.79 Å². The molecule has 2 aromatic rings. The van der Waals surface area contributed by atoms with Gasteiger partial charge in [0.05, 0.1) is 0 Å². The predicted octanol–water partition coefficient (Wildman–Crippen LogP) is 6.54. The van der Waals surface area contributed by atoms with Crippen LogP contribution < -0.4 is 0 Å². The summed E-state index contributed by atoms with van der Waals surface area (Å²) in [6.45, 7) is 13.4. The molecule has 1 nitrogen and oxygen atoms in total. The second kappa shape index (κ2) is 7.12. The van der Waals surface area contributed by atoms with Gasteiger partial charge < -0.3 is 0 Å². The third kappa shape index (κ3) is 3.55. The zero-order chi connectivity index (χ0) is 17.1. The van der Waals surface area contributed by atoms with E-state index in [1.165, 1.54) is 22.3 Å². The maximum atomic E-state index is 11.5. The highest BCUT2D eigenvalue weighted by Crippen LogP contribution is 2.39. The van der Waals surface area contributed by atoms with E-state index < -0.39 is 0 Å². The summed E-state index contributed by atoms with van der Waals surface area (Å²) in [4.78, 5) is 11.5. The molecular formula is C22H28O. The topological polar surface area (TPSA) is 17.1 Å². The molecule has 0 radical (unpaired) electrons. The zero-order valence-corrected chi connectivity index (χ0v) is 15.2. The van der Waals surface area contributed by atoms with Gasteiger partial charge in [0.2, 0.25) is 0 Å². The average molecular weight is 308 g/mol.